The lowest BCUT2D eigenvalue weighted by atomic mass is 10.1. The third-order valence-electron chi connectivity index (χ3n) is 2.75. The van der Waals surface area contributed by atoms with Crippen LogP contribution in [-0.4, -0.2) is 52.4 Å². The Morgan fingerprint density at radius 1 is 1.38 bits per heavy atom. The SMILES string of the molecule is O=C1CN(C(=O)c2ccncc2C#CCCO)CC(=O)N1. The molecule has 1 fully saturated rings. The number of nitrogens with one attached hydrogen (secondary N) is 1. The molecule has 0 aromatic carbocycles. The molecule has 2 heterocycles. The number of amides is 3. The Kier molecular flexibility index (Phi) is 4.64. The summed E-state index contributed by atoms with van der Waals surface area (Å²) in [5.41, 5.74) is 0.673. The van der Waals surface area contributed by atoms with E-state index in [0.717, 1.165) is 4.90 Å². The van der Waals surface area contributed by atoms with Crippen molar-refractivity contribution in [2.45, 2.75) is 6.42 Å². The summed E-state index contributed by atoms with van der Waals surface area (Å²) in [4.78, 5) is 40.1. The van der Waals surface area contributed by atoms with Crippen molar-refractivity contribution in [2.75, 3.05) is 19.7 Å². The number of carbonyl (C=O) groups excluding carboxylic acids is 3. The molecule has 1 aliphatic heterocycles. The van der Waals surface area contributed by atoms with Crippen LogP contribution in [0.1, 0.15) is 22.3 Å². The standard InChI is InChI=1S/C14H13N3O4/c18-6-2-1-3-10-7-15-5-4-11(10)14(21)17-8-12(19)16-13(20)9-17/h4-5,7,18H,2,6,8-9H2,(H,16,19,20). The molecule has 0 saturated carbocycles. The Hall–Kier alpha value is -2.72. The van der Waals surface area contributed by atoms with Crippen LogP contribution < -0.4 is 5.32 Å². The average molecular weight is 287 g/mol. The first-order chi connectivity index (χ1) is 10.1. The number of aromatic nitrogens is 1. The minimum atomic E-state index is -0.512. The van der Waals surface area contributed by atoms with Crippen LogP contribution in [0, 0.1) is 11.8 Å². The second-order valence-electron chi connectivity index (χ2n) is 4.33. The van der Waals surface area contributed by atoms with Crippen LogP contribution in [0.15, 0.2) is 18.5 Å². The minimum Gasteiger partial charge on any atom is -0.395 e. The topological polar surface area (TPSA) is 99.6 Å². The largest absolute Gasteiger partial charge is 0.395 e. The van der Waals surface area contributed by atoms with Crippen LogP contribution in [0.2, 0.25) is 0 Å². The lowest BCUT2D eigenvalue weighted by molar-refractivity contribution is -0.135. The highest BCUT2D eigenvalue weighted by Crippen LogP contribution is 2.10. The number of aliphatic hydroxyl groups excluding tert-OH is 1. The Morgan fingerprint density at radius 2 is 2.10 bits per heavy atom. The first-order valence-corrected chi connectivity index (χ1v) is 6.27. The summed E-state index contributed by atoms with van der Waals surface area (Å²) < 4.78 is 0. The van der Waals surface area contributed by atoms with E-state index in [1.165, 1.54) is 18.5 Å². The van der Waals surface area contributed by atoms with E-state index in [-0.39, 0.29) is 31.7 Å². The Balaban J connectivity index is 2.25. The second-order valence-corrected chi connectivity index (χ2v) is 4.33. The fourth-order valence-electron chi connectivity index (χ4n) is 1.85. The molecule has 1 saturated heterocycles. The molecule has 3 amide bonds. The Bertz CT molecular complexity index is 629. The van der Waals surface area contributed by atoms with E-state index in [0.29, 0.717) is 5.56 Å². The number of pyridine rings is 1. The lowest BCUT2D eigenvalue weighted by Gasteiger charge is -2.25. The van der Waals surface area contributed by atoms with E-state index in [1.807, 2.05) is 0 Å². The Labute approximate surface area is 121 Å². The zero-order valence-corrected chi connectivity index (χ0v) is 11.1. The molecule has 0 aliphatic carbocycles. The molecule has 108 valence electrons. The third kappa shape index (κ3) is 3.64. The van der Waals surface area contributed by atoms with Crippen LogP contribution in [0.4, 0.5) is 0 Å². The Morgan fingerprint density at radius 3 is 2.76 bits per heavy atom. The number of carbonyl (C=O) groups is 3. The molecule has 21 heavy (non-hydrogen) atoms. The highest BCUT2D eigenvalue weighted by atomic mass is 16.3. The van der Waals surface area contributed by atoms with Gasteiger partial charge in [0, 0.05) is 18.8 Å². The van der Waals surface area contributed by atoms with Crippen LogP contribution in [0.5, 0.6) is 0 Å². The number of imide groups is 1. The van der Waals surface area contributed by atoms with Gasteiger partial charge in [-0.15, -0.1) is 0 Å². The van der Waals surface area contributed by atoms with E-state index >= 15 is 0 Å². The van der Waals surface area contributed by atoms with Gasteiger partial charge in [-0.2, -0.15) is 0 Å². The van der Waals surface area contributed by atoms with Gasteiger partial charge < -0.3 is 10.0 Å². The van der Waals surface area contributed by atoms with Crippen molar-refractivity contribution < 1.29 is 19.5 Å². The van der Waals surface area contributed by atoms with Gasteiger partial charge in [0.1, 0.15) is 13.1 Å². The molecule has 7 nitrogen and oxygen atoms in total. The summed E-state index contributed by atoms with van der Waals surface area (Å²) in [6, 6.07) is 1.49. The lowest BCUT2D eigenvalue weighted by Crippen LogP contribution is -2.53. The maximum atomic E-state index is 12.4. The van der Waals surface area contributed by atoms with Crippen LogP contribution in [-0.2, 0) is 9.59 Å². The molecular formula is C14H13N3O4. The third-order valence-corrected chi connectivity index (χ3v) is 2.75. The first-order valence-electron chi connectivity index (χ1n) is 6.27. The molecule has 2 rings (SSSR count). The average Bonchev–Trinajstić information content (AvgIpc) is 2.46. The smallest absolute Gasteiger partial charge is 0.256 e. The number of aliphatic hydroxyl groups is 1. The van der Waals surface area contributed by atoms with Crippen molar-refractivity contribution in [1.82, 2.24) is 15.2 Å². The van der Waals surface area contributed by atoms with Gasteiger partial charge in [-0.3, -0.25) is 24.7 Å². The van der Waals surface area contributed by atoms with Crippen molar-refractivity contribution in [1.29, 1.82) is 0 Å². The van der Waals surface area contributed by atoms with Crippen molar-refractivity contribution in [3.8, 4) is 11.8 Å². The van der Waals surface area contributed by atoms with E-state index in [4.69, 9.17) is 5.11 Å². The van der Waals surface area contributed by atoms with Crippen LogP contribution in [0.25, 0.3) is 0 Å². The molecule has 1 aliphatic rings. The van der Waals surface area contributed by atoms with Gasteiger partial charge in [-0.05, 0) is 6.07 Å². The van der Waals surface area contributed by atoms with Gasteiger partial charge in [0.25, 0.3) is 5.91 Å². The molecule has 0 radical (unpaired) electrons. The summed E-state index contributed by atoms with van der Waals surface area (Å²) in [6.45, 7) is -0.413. The monoisotopic (exact) mass is 287 g/mol. The maximum Gasteiger partial charge on any atom is 0.256 e. The molecule has 0 spiro atoms. The van der Waals surface area contributed by atoms with Crippen LogP contribution >= 0.6 is 0 Å². The highest BCUT2D eigenvalue weighted by molar-refractivity contribution is 6.06. The van der Waals surface area contributed by atoms with Gasteiger partial charge in [-0.25, -0.2) is 0 Å². The van der Waals surface area contributed by atoms with E-state index in [1.54, 1.807) is 0 Å². The van der Waals surface area contributed by atoms with E-state index < -0.39 is 17.7 Å². The second kappa shape index (κ2) is 6.63. The number of nitrogens with zero attached hydrogens (tertiary/aromatic N) is 2. The molecule has 1 aromatic heterocycles. The summed E-state index contributed by atoms with van der Waals surface area (Å²) in [5.74, 6) is 3.99. The zero-order chi connectivity index (χ0) is 15.2. The number of piperazine rings is 1. The molecule has 2 N–H and O–H groups in total. The predicted molar refractivity (Wildman–Crippen MR) is 71.9 cm³/mol. The maximum absolute atomic E-state index is 12.4. The highest BCUT2D eigenvalue weighted by Gasteiger charge is 2.28. The molecule has 7 heteroatoms. The molecule has 0 bridgehead atoms. The minimum absolute atomic E-state index is 0.0721. The molecule has 0 atom stereocenters. The predicted octanol–water partition coefficient (Wildman–Crippen LogP) is -1.09. The summed E-state index contributed by atoms with van der Waals surface area (Å²) in [6.07, 6.45) is 3.16. The van der Waals surface area contributed by atoms with Crippen molar-refractivity contribution in [2.24, 2.45) is 0 Å². The van der Waals surface area contributed by atoms with Gasteiger partial charge in [0.05, 0.1) is 17.7 Å². The van der Waals surface area contributed by atoms with Gasteiger partial charge in [0.15, 0.2) is 0 Å². The molecular weight excluding hydrogens is 274 g/mol. The van der Waals surface area contributed by atoms with E-state index in [9.17, 15) is 14.4 Å². The zero-order valence-electron chi connectivity index (χ0n) is 11.1. The summed E-state index contributed by atoms with van der Waals surface area (Å²) >= 11 is 0. The fourth-order valence-corrected chi connectivity index (χ4v) is 1.85. The normalized spacial score (nSPS) is 14.2. The summed E-state index contributed by atoms with van der Waals surface area (Å²) in [7, 11) is 0. The summed E-state index contributed by atoms with van der Waals surface area (Å²) in [5, 5.41) is 10.8. The van der Waals surface area contributed by atoms with Crippen molar-refractivity contribution in [3.05, 3.63) is 29.6 Å². The van der Waals surface area contributed by atoms with Crippen molar-refractivity contribution in [3.63, 3.8) is 0 Å². The fraction of sp³-hybridized carbons (Fsp3) is 0.286. The number of hydrogen-bond donors (Lipinski definition) is 2. The van der Waals surface area contributed by atoms with E-state index in [2.05, 4.69) is 22.1 Å². The van der Waals surface area contributed by atoms with Gasteiger partial charge >= 0.3 is 0 Å². The van der Waals surface area contributed by atoms with Gasteiger partial charge in [-0.1, -0.05) is 11.8 Å². The number of hydrogen-bond acceptors (Lipinski definition) is 5. The van der Waals surface area contributed by atoms with Crippen LogP contribution in [0.3, 0.4) is 0 Å². The van der Waals surface area contributed by atoms with Gasteiger partial charge in [0.2, 0.25) is 11.8 Å². The van der Waals surface area contributed by atoms with Crippen molar-refractivity contribution >= 4 is 17.7 Å². The molecule has 0 unspecified atom stereocenters. The number of rotatable bonds is 2. The molecule has 1 aromatic rings. The quantitative estimate of drug-likeness (QED) is 0.532. The first kappa shape index (κ1) is 14.7.